The van der Waals surface area contributed by atoms with E-state index >= 15 is 0 Å². The van der Waals surface area contributed by atoms with E-state index in [9.17, 15) is 9.18 Å². The molecule has 0 radical (unpaired) electrons. The van der Waals surface area contributed by atoms with Crippen LogP contribution in [-0.4, -0.2) is 23.5 Å². The minimum Gasteiger partial charge on any atom is -0.479 e. The van der Waals surface area contributed by atoms with Crippen molar-refractivity contribution in [3.8, 4) is 17.4 Å². The van der Waals surface area contributed by atoms with Crippen LogP contribution in [0.3, 0.4) is 0 Å². The van der Waals surface area contributed by atoms with Gasteiger partial charge in [0.2, 0.25) is 5.88 Å². The van der Waals surface area contributed by atoms with E-state index in [1.807, 2.05) is 0 Å². The molecule has 0 aliphatic carbocycles. The van der Waals surface area contributed by atoms with Gasteiger partial charge in [0.25, 0.3) is 5.91 Å². The first-order valence-corrected chi connectivity index (χ1v) is 6.54. The maximum Gasteiger partial charge on any atom is 0.261 e. The van der Waals surface area contributed by atoms with Gasteiger partial charge in [-0.05, 0) is 30.3 Å². The molecule has 1 aromatic heterocycles. The molecule has 1 aromatic carbocycles. The summed E-state index contributed by atoms with van der Waals surface area (Å²) in [5.41, 5.74) is 0. The second kappa shape index (κ2) is 5.78. The fourth-order valence-corrected chi connectivity index (χ4v) is 1.97. The number of nitrogens with zero attached hydrogens (tertiary/aromatic N) is 1. The molecule has 0 unspecified atom stereocenters. The molecule has 0 bridgehead atoms. The highest BCUT2D eigenvalue weighted by Crippen LogP contribution is 2.22. The van der Waals surface area contributed by atoms with E-state index in [1.165, 1.54) is 30.5 Å². The predicted octanol–water partition coefficient (Wildman–Crippen LogP) is 2.28. The molecule has 3 rings (SSSR count). The normalized spacial score (nSPS) is 17.4. The molecule has 1 atom stereocenters. The van der Waals surface area contributed by atoms with Crippen molar-refractivity contribution in [2.24, 2.45) is 0 Å². The van der Waals surface area contributed by atoms with Crippen molar-refractivity contribution in [2.45, 2.75) is 12.5 Å². The Morgan fingerprint density at radius 2 is 1.90 bits per heavy atom. The first-order valence-electron chi connectivity index (χ1n) is 6.54. The summed E-state index contributed by atoms with van der Waals surface area (Å²) < 4.78 is 23.8. The quantitative estimate of drug-likeness (QED) is 0.937. The molecule has 2 aromatic rings. The van der Waals surface area contributed by atoms with Gasteiger partial charge in [0, 0.05) is 19.0 Å². The lowest BCUT2D eigenvalue weighted by atomic mass is 10.3. The molecule has 1 N–H and O–H groups in total. The van der Waals surface area contributed by atoms with Crippen LogP contribution in [0.2, 0.25) is 0 Å². The van der Waals surface area contributed by atoms with E-state index in [0.29, 0.717) is 30.3 Å². The van der Waals surface area contributed by atoms with Crippen LogP contribution in [0.4, 0.5) is 4.39 Å². The lowest BCUT2D eigenvalue weighted by Crippen LogP contribution is -2.27. The molecule has 0 spiro atoms. The third-order valence-corrected chi connectivity index (χ3v) is 3.02. The molecule has 2 heterocycles. The van der Waals surface area contributed by atoms with Crippen LogP contribution >= 0.6 is 0 Å². The zero-order valence-electron chi connectivity index (χ0n) is 11.1. The Bertz CT molecular complexity index is 628. The summed E-state index contributed by atoms with van der Waals surface area (Å²) in [6.45, 7) is 0.628. The summed E-state index contributed by atoms with van der Waals surface area (Å²) >= 11 is 0. The van der Waals surface area contributed by atoms with Crippen LogP contribution in [0.25, 0.3) is 0 Å². The highest BCUT2D eigenvalue weighted by atomic mass is 19.1. The van der Waals surface area contributed by atoms with Crippen molar-refractivity contribution >= 4 is 5.91 Å². The number of nitrogens with one attached hydrogen (secondary N) is 1. The molecular formula is C15H13FN2O3. The van der Waals surface area contributed by atoms with Gasteiger partial charge < -0.3 is 14.8 Å². The van der Waals surface area contributed by atoms with Crippen LogP contribution in [-0.2, 0) is 4.79 Å². The Labute approximate surface area is 120 Å². The number of halogens is 1. The number of hydrogen-bond acceptors (Lipinski definition) is 4. The van der Waals surface area contributed by atoms with Gasteiger partial charge in [0.05, 0.1) is 6.20 Å². The van der Waals surface area contributed by atoms with Crippen molar-refractivity contribution in [1.29, 1.82) is 0 Å². The van der Waals surface area contributed by atoms with Gasteiger partial charge >= 0.3 is 0 Å². The molecule has 5 nitrogen and oxygen atoms in total. The standard InChI is InChI=1S/C15H13FN2O3/c16-10-1-3-11(4-2-10)21-14-6-5-12(9-18-14)20-13-7-8-17-15(13)19/h1-6,9,13H,7-8H2,(H,17,19)/t13-/m1/s1. The van der Waals surface area contributed by atoms with E-state index in [-0.39, 0.29) is 11.7 Å². The fourth-order valence-electron chi connectivity index (χ4n) is 1.97. The number of aromatic nitrogens is 1. The Hall–Kier alpha value is -2.63. The SMILES string of the molecule is O=C1NCC[C@H]1Oc1ccc(Oc2ccc(F)cc2)nc1. The summed E-state index contributed by atoms with van der Waals surface area (Å²) in [4.78, 5) is 15.5. The molecule has 108 valence electrons. The Morgan fingerprint density at radius 3 is 2.52 bits per heavy atom. The maximum atomic E-state index is 12.8. The van der Waals surface area contributed by atoms with Gasteiger partial charge in [-0.15, -0.1) is 0 Å². The zero-order chi connectivity index (χ0) is 14.7. The van der Waals surface area contributed by atoms with E-state index in [4.69, 9.17) is 9.47 Å². The van der Waals surface area contributed by atoms with Gasteiger partial charge in [0.15, 0.2) is 6.10 Å². The molecule has 1 fully saturated rings. The summed E-state index contributed by atoms with van der Waals surface area (Å²) in [6, 6.07) is 8.97. The minimum absolute atomic E-state index is 0.110. The van der Waals surface area contributed by atoms with Gasteiger partial charge in [-0.3, -0.25) is 4.79 Å². The smallest absolute Gasteiger partial charge is 0.261 e. The molecule has 0 saturated carbocycles. The van der Waals surface area contributed by atoms with Crippen LogP contribution in [0.5, 0.6) is 17.4 Å². The Balaban J connectivity index is 1.63. The maximum absolute atomic E-state index is 12.8. The highest BCUT2D eigenvalue weighted by Gasteiger charge is 2.25. The van der Waals surface area contributed by atoms with Gasteiger partial charge in [0.1, 0.15) is 17.3 Å². The van der Waals surface area contributed by atoms with Crippen molar-refractivity contribution in [3.05, 3.63) is 48.4 Å². The number of ether oxygens (including phenoxy) is 2. The fraction of sp³-hybridized carbons (Fsp3) is 0.200. The van der Waals surface area contributed by atoms with Crippen LogP contribution in [0, 0.1) is 5.82 Å². The Morgan fingerprint density at radius 1 is 1.14 bits per heavy atom. The first kappa shape index (κ1) is 13.4. The Kier molecular flexibility index (Phi) is 3.68. The van der Waals surface area contributed by atoms with Crippen LogP contribution in [0.15, 0.2) is 42.6 Å². The summed E-state index contributed by atoms with van der Waals surface area (Å²) in [6.07, 6.45) is 1.67. The first-order chi connectivity index (χ1) is 10.2. The number of amides is 1. The summed E-state index contributed by atoms with van der Waals surface area (Å²) in [7, 11) is 0. The van der Waals surface area contributed by atoms with Crippen molar-refractivity contribution in [1.82, 2.24) is 10.3 Å². The second-order valence-corrected chi connectivity index (χ2v) is 4.57. The monoisotopic (exact) mass is 288 g/mol. The predicted molar refractivity (Wildman–Crippen MR) is 72.8 cm³/mol. The third kappa shape index (κ3) is 3.28. The lowest BCUT2D eigenvalue weighted by molar-refractivity contribution is -0.124. The zero-order valence-corrected chi connectivity index (χ0v) is 11.1. The van der Waals surface area contributed by atoms with E-state index in [2.05, 4.69) is 10.3 Å². The lowest BCUT2D eigenvalue weighted by Gasteiger charge is -2.11. The molecule has 1 aliphatic heterocycles. The molecule has 1 saturated heterocycles. The number of rotatable bonds is 4. The van der Waals surface area contributed by atoms with E-state index in [0.717, 1.165) is 0 Å². The van der Waals surface area contributed by atoms with Crippen molar-refractivity contribution < 1.29 is 18.7 Å². The highest BCUT2D eigenvalue weighted by molar-refractivity contribution is 5.83. The average molecular weight is 288 g/mol. The number of carbonyl (C=O) groups is 1. The van der Waals surface area contributed by atoms with Crippen LogP contribution < -0.4 is 14.8 Å². The third-order valence-electron chi connectivity index (χ3n) is 3.02. The summed E-state index contributed by atoms with van der Waals surface area (Å²) in [5, 5.41) is 2.70. The van der Waals surface area contributed by atoms with Gasteiger partial charge in [-0.2, -0.15) is 0 Å². The minimum atomic E-state index is -0.462. The number of pyridine rings is 1. The van der Waals surface area contributed by atoms with E-state index in [1.54, 1.807) is 12.1 Å². The molecule has 1 aliphatic rings. The largest absolute Gasteiger partial charge is 0.479 e. The number of carbonyl (C=O) groups excluding carboxylic acids is 1. The topological polar surface area (TPSA) is 60.5 Å². The van der Waals surface area contributed by atoms with Crippen LogP contribution in [0.1, 0.15) is 6.42 Å². The van der Waals surface area contributed by atoms with Crippen molar-refractivity contribution in [3.63, 3.8) is 0 Å². The summed E-state index contributed by atoms with van der Waals surface area (Å²) in [5.74, 6) is 0.927. The second-order valence-electron chi connectivity index (χ2n) is 4.57. The molecule has 1 amide bonds. The van der Waals surface area contributed by atoms with Crippen molar-refractivity contribution in [2.75, 3.05) is 6.54 Å². The number of benzene rings is 1. The van der Waals surface area contributed by atoms with E-state index < -0.39 is 6.10 Å². The van der Waals surface area contributed by atoms with Gasteiger partial charge in [-0.25, -0.2) is 9.37 Å². The molecule has 6 heteroatoms. The number of hydrogen-bond donors (Lipinski definition) is 1. The molecule has 21 heavy (non-hydrogen) atoms. The average Bonchev–Trinajstić information content (AvgIpc) is 2.89. The van der Waals surface area contributed by atoms with Gasteiger partial charge in [-0.1, -0.05) is 0 Å². The molecular weight excluding hydrogens is 275 g/mol.